The summed E-state index contributed by atoms with van der Waals surface area (Å²) in [6, 6.07) is 0. The topological polar surface area (TPSA) is 66.8 Å². The van der Waals surface area contributed by atoms with Crippen molar-refractivity contribution < 1.29 is 0 Å². The largest absolute Gasteiger partial charge is 0.372 e. The highest BCUT2D eigenvalue weighted by Gasteiger charge is 2.22. The molecule has 0 bridgehead atoms. The van der Waals surface area contributed by atoms with Gasteiger partial charge in [0.2, 0.25) is 0 Å². The van der Waals surface area contributed by atoms with E-state index in [-0.39, 0.29) is 0 Å². The van der Waals surface area contributed by atoms with Crippen LogP contribution in [-0.2, 0) is 13.0 Å². The van der Waals surface area contributed by atoms with Crippen molar-refractivity contribution >= 4 is 5.82 Å². The third kappa shape index (κ3) is 4.22. The van der Waals surface area contributed by atoms with Crippen molar-refractivity contribution in [2.45, 2.75) is 32.7 Å². The van der Waals surface area contributed by atoms with Crippen LogP contribution in [0.4, 0.5) is 5.82 Å². The molecule has 3 rings (SSSR count). The molecule has 0 saturated carbocycles. The summed E-state index contributed by atoms with van der Waals surface area (Å²) >= 11 is 0. The summed E-state index contributed by atoms with van der Waals surface area (Å²) in [6.07, 6.45) is 10.8. The van der Waals surface area contributed by atoms with E-state index in [2.05, 4.69) is 30.2 Å². The lowest BCUT2D eigenvalue weighted by molar-refractivity contribution is 0.166. The van der Waals surface area contributed by atoms with Crippen LogP contribution in [0.3, 0.4) is 0 Å². The van der Waals surface area contributed by atoms with Crippen LogP contribution in [0.15, 0.2) is 24.8 Å². The van der Waals surface area contributed by atoms with Gasteiger partial charge in [-0.2, -0.15) is 0 Å². The number of hydrogen-bond donors (Lipinski definition) is 1. The molecule has 0 aliphatic carbocycles. The Labute approximate surface area is 137 Å². The van der Waals surface area contributed by atoms with E-state index in [1.807, 2.05) is 26.4 Å². The summed E-state index contributed by atoms with van der Waals surface area (Å²) in [4.78, 5) is 19.9. The number of anilines is 1. The minimum Gasteiger partial charge on any atom is -0.372 e. The highest BCUT2D eigenvalue weighted by molar-refractivity contribution is 5.38. The first kappa shape index (κ1) is 15.8. The van der Waals surface area contributed by atoms with Gasteiger partial charge in [-0.15, -0.1) is 0 Å². The van der Waals surface area contributed by atoms with Gasteiger partial charge in [0.1, 0.15) is 11.6 Å². The smallest absolute Gasteiger partial charge is 0.147 e. The summed E-state index contributed by atoms with van der Waals surface area (Å²) in [6.45, 7) is 5.08. The van der Waals surface area contributed by atoms with Crippen molar-refractivity contribution in [3.63, 3.8) is 0 Å². The second kappa shape index (κ2) is 7.46. The maximum absolute atomic E-state index is 4.50. The Balaban J connectivity index is 1.60. The first-order valence-electron chi connectivity index (χ1n) is 8.22. The summed E-state index contributed by atoms with van der Waals surface area (Å²) in [5, 5.41) is 3.14. The number of nitrogens with one attached hydrogen (secondary N) is 1. The standard InChI is InChI=1S/C17H24N6/c1-13-21-9-15(10-22-13)12-23-7-3-4-14(11-23)8-16-17(18-2)20-6-5-19-16/h5-6,9-10,14H,3-4,7-8,11-12H2,1-2H3,(H,18,20). The molecule has 1 saturated heterocycles. The lowest BCUT2D eigenvalue weighted by Gasteiger charge is -2.32. The molecule has 2 aromatic heterocycles. The second-order valence-corrected chi connectivity index (χ2v) is 6.19. The number of nitrogens with zero attached hydrogens (tertiary/aromatic N) is 5. The third-order valence-corrected chi connectivity index (χ3v) is 4.34. The molecule has 1 N–H and O–H groups in total. The zero-order valence-electron chi connectivity index (χ0n) is 13.9. The summed E-state index contributed by atoms with van der Waals surface area (Å²) in [5.74, 6) is 2.35. The summed E-state index contributed by atoms with van der Waals surface area (Å²) in [5.41, 5.74) is 2.26. The van der Waals surface area contributed by atoms with E-state index in [1.165, 1.54) is 18.4 Å². The zero-order chi connectivity index (χ0) is 16.1. The van der Waals surface area contributed by atoms with Gasteiger partial charge in [0.15, 0.2) is 0 Å². The average molecular weight is 312 g/mol. The maximum atomic E-state index is 4.50. The number of aromatic nitrogens is 4. The maximum Gasteiger partial charge on any atom is 0.147 e. The van der Waals surface area contributed by atoms with Gasteiger partial charge in [-0.25, -0.2) is 15.0 Å². The Morgan fingerprint density at radius 1 is 1.17 bits per heavy atom. The number of aryl methyl sites for hydroxylation is 1. The summed E-state index contributed by atoms with van der Waals surface area (Å²) < 4.78 is 0. The molecule has 1 fully saturated rings. The number of likely N-dealkylation sites (tertiary alicyclic amines) is 1. The van der Waals surface area contributed by atoms with Gasteiger partial charge in [0.05, 0.1) is 5.69 Å². The van der Waals surface area contributed by atoms with E-state index in [0.717, 1.165) is 43.4 Å². The fourth-order valence-electron chi connectivity index (χ4n) is 3.22. The SMILES string of the molecule is CNc1nccnc1CC1CCCN(Cc2cnc(C)nc2)C1. The average Bonchev–Trinajstić information content (AvgIpc) is 2.58. The molecule has 0 radical (unpaired) electrons. The lowest BCUT2D eigenvalue weighted by atomic mass is 9.93. The molecule has 2 aromatic rings. The molecular formula is C17H24N6. The quantitative estimate of drug-likeness (QED) is 0.911. The van der Waals surface area contributed by atoms with Crippen molar-refractivity contribution in [3.8, 4) is 0 Å². The molecule has 23 heavy (non-hydrogen) atoms. The molecule has 0 spiro atoms. The van der Waals surface area contributed by atoms with Crippen LogP contribution >= 0.6 is 0 Å². The van der Waals surface area contributed by atoms with E-state index < -0.39 is 0 Å². The first-order valence-corrected chi connectivity index (χ1v) is 8.22. The van der Waals surface area contributed by atoms with E-state index in [0.29, 0.717) is 5.92 Å². The highest BCUT2D eigenvalue weighted by atomic mass is 15.1. The Bertz CT molecular complexity index is 627. The number of piperidine rings is 1. The third-order valence-electron chi connectivity index (χ3n) is 4.34. The Morgan fingerprint density at radius 3 is 2.74 bits per heavy atom. The van der Waals surface area contributed by atoms with E-state index >= 15 is 0 Å². The van der Waals surface area contributed by atoms with Crippen molar-refractivity contribution in [1.29, 1.82) is 0 Å². The van der Waals surface area contributed by atoms with Crippen LogP contribution in [0.2, 0.25) is 0 Å². The molecule has 6 nitrogen and oxygen atoms in total. The molecule has 1 aliphatic heterocycles. The van der Waals surface area contributed by atoms with E-state index in [1.54, 1.807) is 12.4 Å². The minimum atomic E-state index is 0.624. The monoisotopic (exact) mass is 312 g/mol. The first-order chi connectivity index (χ1) is 11.2. The van der Waals surface area contributed by atoms with Crippen LogP contribution in [-0.4, -0.2) is 45.0 Å². The Hall–Kier alpha value is -2.08. The summed E-state index contributed by atoms with van der Waals surface area (Å²) in [7, 11) is 1.90. The number of hydrogen-bond acceptors (Lipinski definition) is 6. The molecule has 0 amide bonds. The van der Waals surface area contributed by atoms with Crippen LogP contribution in [0.25, 0.3) is 0 Å². The van der Waals surface area contributed by atoms with Gasteiger partial charge in [-0.3, -0.25) is 9.88 Å². The van der Waals surface area contributed by atoms with Crippen molar-refractivity contribution in [1.82, 2.24) is 24.8 Å². The van der Waals surface area contributed by atoms with Crippen molar-refractivity contribution in [2.24, 2.45) is 5.92 Å². The predicted octanol–water partition coefficient (Wildman–Crippen LogP) is 2.07. The molecule has 1 atom stereocenters. The van der Waals surface area contributed by atoms with E-state index in [9.17, 15) is 0 Å². The van der Waals surface area contributed by atoms with Crippen LogP contribution in [0.1, 0.15) is 29.9 Å². The van der Waals surface area contributed by atoms with Gasteiger partial charge in [-0.05, 0) is 38.6 Å². The van der Waals surface area contributed by atoms with Gasteiger partial charge in [0, 0.05) is 50.5 Å². The highest BCUT2D eigenvalue weighted by Crippen LogP contribution is 2.23. The molecule has 1 aliphatic rings. The normalized spacial score (nSPS) is 18.8. The second-order valence-electron chi connectivity index (χ2n) is 6.19. The van der Waals surface area contributed by atoms with Gasteiger partial charge >= 0.3 is 0 Å². The molecule has 3 heterocycles. The Morgan fingerprint density at radius 2 is 1.96 bits per heavy atom. The van der Waals surface area contributed by atoms with Crippen molar-refractivity contribution in [3.05, 3.63) is 41.9 Å². The van der Waals surface area contributed by atoms with Crippen LogP contribution < -0.4 is 5.32 Å². The molecule has 1 unspecified atom stereocenters. The minimum absolute atomic E-state index is 0.624. The molecule has 6 heteroatoms. The predicted molar refractivity (Wildman–Crippen MR) is 90.1 cm³/mol. The van der Waals surface area contributed by atoms with Gasteiger partial charge < -0.3 is 5.32 Å². The fourth-order valence-corrected chi connectivity index (χ4v) is 3.22. The van der Waals surface area contributed by atoms with E-state index in [4.69, 9.17) is 0 Å². The Kier molecular flexibility index (Phi) is 5.12. The zero-order valence-corrected chi connectivity index (χ0v) is 13.9. The number of rotatable bonds is 5. The van der Waals surface area contributed by atoms with Gasteiger partial charge in [-0.1, -0.05) is 0 Å². The van der Waals surface area contributed by atoms with Crippen LogP contribution in [0, 0.1) is 12.8 Å². The molecule has 122 valence electrons. The lowest BCUT2D eigenvalue weighted by Crippen LogP contribution is -2.36. The van der Waals surface area contributed by atoms with Crippen LogP contribution in [0.5, 0.6) is 0 Å². The molecular weight excluding hydrogens is 288 g/mol. The molecule has 0 aromatic carbocycles. The fraction of sp³-hybridized carbons (Fsp3) is 0.529. The van der Waals surface area contributed by atoms with Gasteiger partial charge in [0.25, 0.3) is 0 Å². The van der Waals surface area contributed by atoms with Crippen molar-refractivity contribution in [2.75, 3.05) is 25.5 Å².